The number of rotatable bonds is 2. The fourth-order valence-electron chi connectivity index (χ4n) is 1.38. The van der Waals surface area contributed by atoms with Gasteiger partial charge in [0.1, 0.15) is 0 Å². The van der Waals surface area contributed by atoms with E-state index in [4.69, 9.17) is 5.73 Å². The number of carbonyl (C=O) groups is 1. The lowest BCUT2D eigenvalue weighted by atomic mass is 10.2. The molecule has 0 saturated heterocycles. The summed E-state index contributed by atoms with van der Waals surface area (Å²) in [4.78, 5) is 11.9. The van der Waals surface area contributed by atoms with E-state index in [2.05, 4.69) is 31.4 Å². The Morgan fingerprint density at radius 3 is 2.88 bits per heavy atom. The summed E-state index contributed by atoms with van der Waals surface area (Å²) < 4.78 is 0.691. The minimum absolute atomic E-state index is 0.254. The molecule has 2 aromatic rings. The minimum Gasteiger partial charge on any atom is -0.399 e. The van der Waals surface area contributed by atoms with Gasteiger partial charge in [0.15, 0.2) is 5.82 Å². The van der Waals surface area contributed by atoms with Crippen molar-refractivity contribution >= 4 is 33.3 Å². The van der Waals surface area contributed by atoms with Crippen LogP contribution in [0.5, 0.6) is 0 Å². The monoisotopic (exact) mass is 294 g/mol. The number of nitrogens with zero attached hydrogens (tertiary/aromatic N) is 1. The van der Waals surface area contributed by atoms with Crippen molar-refractivity contribution in [3.63, 3.8) is 0 Å². The largest absolute Gasteiger partial charge is 0.399 e. The van der Waals surface area contributed by atoms with Gasteiger partial charge in [-0.1, -0.05) is 0 Å². The van der Waals surface area contributed by atoms with Gasteiger partial charge in [0.25, 0.3) is 5.91 Å². The molecule has 0 bridgehead atoms. The van der Waals surface area contributed by atoms with Crippen LogP contribution in [0.25, 0.3) is 0 Å². The van der Waals surface area contributed by atoms with Crippen molar-refractivity contribution in [2.75, 3.05) is 11.1 Å². The summed E-state index contributed by atoms with van der Waals surface area (Å²) in [6.07, 6.45) is 0. The molecule has 0 unspecified atom stereocenters. The van der Waals surface area contributed by atoms with E-state index in [9.17, 15) is 4.79 Å². The number of hydrogen-bond donors (Lipinski definition) is 3. The van der Waals surface area contributed by atoms with Crippen LogP contribution in [-0.4, -0.2) is 16.1 Å². The fraction of sp³-hybridized carbons (Fsp3) is 0.0909. The summed E-state index contributed by atoms with van der Waals surface area (Å²) in [7, 11) is 0. The predicted octanol–water partition coefficient (Wildman–Crippen LogP) is 2.32. The molecular formula is C11H11BrN4O. The number of aryl methyl sites for hydroxylation is 1. The molecule has 2 rings (SSSR count). The lowest BCUT2D eigenvalue weighted by Crippen LogP contribution is -2.13. The molecule has 5 nitrogen and oxygen atoms in total. The molecule has 0 radical (unpaired) electrons. The predicted molar refractivity (Wildman–Crippen MR) is 69.8 cm³/mol. The van der Waals surface area contributed by atoms with Crippen LogP contribution in [-0.2, 0) is 0 Å². The molecule has 0 fully saturated rings. The number of halogens is 1. The Kier molecular flexibility index (Phi) is 3.14. The van der Waals surface area contributed by atoms with E-state index < -0.39 is 0 Å². The summed E-state index contributed by atoms with van der Waals surface area (Å²) in [5.41, 5.74) is 7.54. The molecule has 0 saturated carbocycles. The summed E-state index contributed by atoms with van der Waals surface area (Å²) in [5.74, 6) is 0.234. The Morgan fingerprint density at radius 1 is 1.47 bits per heavy atom. The summed E-state index contributed by atoms with van der Waals surface area (Å²) in [5, 5.41) is 9.36. The average molecular weight is 295 g/mol. The lowest BCUT2D eigenvalue weighted by Gasteiger charge is -2.05. The lowest BCUT2D eigenvalue weighted by molar-refractivity contribution is 0.102. The number of benzene rings is 1. The Morgan fingerprint density at radius 2 is 2.24 bits per heavy atom. The maximum atomic E-state index is 11.9. The Balaban J connectivity index is 2.22. The van der Waals surface area contributed by atoms with Gasteiger partial charge in [-0.15, -0.1) is 0 Å². The highest BCUT2D eigenvalue weighted by Crippen LogP contribution is 2.20. The zero-order valence-corrected chi connectivity index (χ0v) is 10.7. The van der Waals surface area contributed by atoms with Gasteiger partial charge in [-0.05, 0) is 41.1 Å². The van der Waals surface area contributed by atoms with E-state index >= 15 is 0 Å². The molecule has 1 amide bonds. The molecule has 1 heterocycles. The summed E-state index contributed by atoms with van der Waals surface area (Å²) in [6.45, 7) is 1.86. The molecule has 88 valence electrons. The summed E-state index contributed by atoms with van der Waals surface area (Å²) >= 11 is 3.30. The van der Waals surface area contributed by atoms with Gasteiger partial charge in [-0.25, -0.2) is 0 Å². The van der Waals surface area contributed by atoms with Crippen molar-refractivity contribution < 1.29 is 4.79 Å². The number of nitrogen functional groups attached to an aromatic ring is 1. The van der Waals surface area contributed by atoms with Gasteiger partial charge >= 0.3 is 0 Å². The molecule has 0 aliphatic rings. The van der Waals surface area contributed by atoms with E-state index in [0.29, 0.717) is 21.5 Å². The number of hydrogen-bond acceptors (Lipinski definition) is 3. The molecule has 0 atom stereocenters. The zero-order chi connectivity index (χ0) is 12.4. The Hall–Kier alpha value is -1.82. The van der Waals surface area contributed by atoms with Gasteiger partial charge in [0.05, 0.1) is 5.56 Å². The van der Waals surface area contributed by atoms with Crippen molar-refractivity contribution in [1.82, 2.24) is 10.2 Å². The van der Waals surface area contributed by atoms with Crippen LogP contribution in [0.15, 0.2) is 28.7 Å². The van der Waals surface area contributed by atoms with Gasteiger partial charge in [0.2, 0.25) is 0 Å². The quantitative estimate of drug-likeness (QED) is 0.743. The van der Waals surface area contributed by atoms with E-state index in [1.54, 1.807) is 24.3 Å². The number of amides is 1. The molecular weight excluding hydrogens is 284 g/mol. The third kappa shape index (κ3) is 2.65. The van der Waals surface area contributed by atoms with E-state index in [1.165, 1.54) is 0 Å². The second-order valence-electron chi connectivity index (χ2n) is 3.63. The molecule has 1 aromatic heterocycles. The third-order valence-corrected chi connectivity index (χ3v) is 2.87. The molecule has 6 heteroatoms. The third-order valence-electron chi connectivity index (χ3n) is 2.18. The van der Waals surface area contributed by atoms with Gasteiger partial charge < -0.3 is 11.1 Å². The second kappa shape index (κ2) is 4.58. The highest BCUT2D eigenvalue weighted by Gasteiger charge is 2.11. The molecule has 0 spiro atoms. The van der Waals surface area contributed by atoms with Crippen LogP contribution in [0.3, 0.4) is 0 Å². The normalized spacial score (nSPS) is 10.2. The van der Waals surface area contributed by atoms with Crippen LogP contribution in [0.2, 0.25) is 0 Å². The molecule has 0 aliphatic heterocycles. The maximum Gasteiger partial charge on any atom is 0.258 e. The number of H-pyrrole nitrogens is 1. The Labute approximate surface area is 107 Å². The van der Waals surface area contributed by atoms with Crippen molar-refractivity contribution in [2.45, 2.75) is 6.92 Å². The number of nitrogens with two attached hydrogens (primary N) is 1. The number of carbonyl (C=O) groups excluding carboxylic acids is 1. The molecule has 0 aliphatic carbocycles. The molecule has 17 heavy (non-hydrogen) atoms. The standard InChI is InChI=1S/C11H11BrN4O/c1-6-4-10(16-15-6)14-11(17)8-5-7(13)2-3-9(8)12/h2-5H,13H2,1H3,(H2,14,15,16,17). The average Bonchev–Trinajstić information content (AvgIpc) is 2.67. The second-order valence-corrected chi connectivity index (χ2v) is 4.48. The maximum absolute atomic E-state index is 11.9. The van der Waals surface area contributed by atoms with Gasteiger partial charge in [-0.3, -0.25) is 9.89 Å². The SMILES string of the molecule is Cc1cc(NC(=O)c2cc(N)ccc2Br)n[nH]1. The first-order valence-electron chi connectivity index (χ1n) is 4.94. The number of aromatic amines is 1. The van der Waals surface area contributed by atoms with Gasteiger partial charge in [0, 0.05) is 21.9 Å². The number of anilines is 2. The first-order chi connectivity index (χ1) is 8.06. The van der Waals surface area contributed by atoms with E-state index in [1.807, 2.05) is 6.92 Å². The summed E-state index contributed by atoms with van der Waals surface area (Å²) in [6, 6.07) is 6.82. The van der Waals surface area contributed by atoms with Crippen LogP contribution in [0.1, 0.15) is 16.1 Å². The highest BCUT2D eigenvalue weighted by molar-refractivity contribution is 9.10. The zero-order valence-electron chi connectivity index (χ0n) is 9.12. The van der Waals surface area contributed by atoms with Gasteiger partial charge in [-0.2, -0.15) is 5.10 Å². The van der Waals surface area contributed by atoms with Crippen molar-refractivity contribution in [1.29, 1.82) is 0 Å². The van der Waals surface area contributed by atoms with E-state index in [0.717, 1.165) is 5.69 Å². The molecule has 4 N–H and O–H groups in total. The van der Waals surface area contributed by atoms with Crippen LogP contribution >= 0.6 is 15.9 Å². The fourth-order valence-corrected chi connectivity index (χ4v) is 1.81. The highest BCUT2D eigenvalue weighted by atomic mass is 79.9. The molecule has 1 aromatic carbocycles. The first-order valence-corrected chi connectivity index (χ1v) is 5.74. The minimum atomic E-state index is -0.254. The topological polar surface area (TPSA) is 83.8 Å². The Bertz CT molecular complexity index is 564. The van der Waals surface area contributed by atoms with Crippen LogP contribution < -0.4 is 11.1 Å². The van der Waals surface area contributed by atoms with Crippen molar-refractivity contribution in [3.8, 4) is 0 Å². The first kappa shape index (κ1) is 11.7. The van der Waals surface area contributed by atoms with Crippen molar-refractivity contribution in [3.05, 3.63) is 40.0 Å². The van der Waals surface area contributed by atoms with Crippen LogP contribution in [0, 0.1) is 6.92 Å². The number of aromatic nitrogens is 2. The van der Waals surface area contributed by atoms with Crippen LogP contribution in [0.4, 0.5) is 11.5 Å². The number of nitrogens with one attached hydrogen (secondary N) is 2. The van der Waals surface area contributed by atoms with Crippen molar-refractivity contribution in [2.24, 2.45) is 0 Å². The van der Waals surface area contributed by atoms with E-state index in [-0.39, 0.29) is 5.91 Å². The smallest absolute Gasteiger partial charge is 0.258 e.